The van der Waals surface area contributed by atoms with Gasteiger partial charge in [0.05, 0.1) is 17.8 Å². The first-order valence-corrected chi connectivity index (χ1v) is 26.1. The average molecular weight is 1000 g/mol. The third kappa shape index (κ3) is 12.6. The quantitative estimate of drug-likeness (QED) is 0.0385. The number of carboxylic acid groups (broad SMARTS) is 2. The minimum absolute atomic E-state index is 0.0337. The third-order valence-electron chi connectivity index (χ3n) is 12.4. The van der Waals surface area contributed by atoms with Crippen LogP contribution >= 0.6 is 18.9 Å². The molecule has 2 saturated carbocycles. The predicted molar refractivity (Wildman–Crippen MR) is 263 cm³/mol. The van der Waals surface area contributed by atoms with Crippen molar-refractivity contribution in [2.45, 2.75) is 135 Å². The topological polar surface area (TPSA) is 257 Å². The summed E-state index contributed by atoms with van der Waals surface area (Å²) in [5.41, 5.74) is -0.500. The van der Waals surface area contributed by atoms with Crippen molar-refractivity contribution < 1.29 is 57.5 Å². The fourth-order valence-corrected chi connectivity index (χ4v) is 11.3. The lowest BCUT2D eigenvalue weighted by Gasteiger charge is -2.36. The van der Waals surface area contributed by atoms with Gasteiger partial charge in [-0.2, -0.15) is 0 Å². The minimum Gasteiger partial charge on any atom is -0.488 e. The van der Waals surface area contributed by atoms with E-state index in [0.29, 0.717) is 45.2 Å². The number of anilines is 1. The van der Waals surface area contributed by atoms with Gasteiger partial charge in [-0.25, -0.2) is 24.6 Å². The molecule has 4 aromatic rings. The van der Waals surface area contributed by atoms with Crippen molar-refractivity contribution in [1.29, 1.82) is 0 Å². The van der Waals surface area contributed by atoms with E-state index < -0.39 is 78.9 Å². The number of ether oxygens (including phenoxy) is 3. The number of carbonyl (C=O) groups excluding carboxylic acids is 3. The van der Waals surface area contributed by atoms with Crippen molar-refractivity contribution in [2.75, 3.05) is 18.2 Å². The lowest BCUT2D eigenvalue weighted by Crippen LogP contribution is -2.61. The molecule has 1 saturated heterocycles. The Kier molecular flexibility index (Phi) is 15.8. The summed E-state index contributed by atoms with van der Waals surface area (Å²) in [6.07, 6.45) is 1.44. The first kappa shape index (κ1) is 51.6. The van der Waals surface area contributed by atoms with Crippen LogP contribution < -0.4 is 35.0 Å². The Morgan fingerprint density at radius 1 is 0.971 bits per heavy atom. The monoisotopic (exact) mass is 1000 g/mol. The van der Waals surface area contributed by atoms with E-state index in [-0.39, 0.29) is 49.5 Å². The number of para-hydroxylation sites is 1. The van der Waals surface area contributed by atoms with E-state index in [2.05, 4.69) is 27.6 Å². The molecule has 70 heavy (non-hydrogen) atoms. The predicted octanol–water partition coefficient (Wildman–Crippen LogP) is 7.96. The van der Waals surface area contributed by atoms with Gasteiger partial charge >= 0.3 is 25.6 Å². The van der Waals surface area contributed by atoms with Crippen LogP contribution in [0.25, 0.3) is 22.3 Å². The van der Waals surface area contributed by atoms with Crippen molar-refractivity contribution >= 4 is 64.7 Å². The second-order valence-corrected chi connectivity index (χ2v) is 22.5. The number of aromatic nitrogens is 2. The van der Waals surface area contributed by atoms with Gasteiger partial charge in [-0.15, -0.1) is 11.3 Å². The molecular weight excluding hydrogens is 942 g/mol. The van der Waals surface area contributed by atoms with Crippen LogP contribution in [0.5, 0.6) is 17.2 Å². The van der Waals surface area contributed by atoms with Crippen LogP contribution in [-0.4, -0.2) is 110 Å². The van der Waals surface area contributed by atoms with Crippen molar-refractivity contribution in [3.63, 3.8) is 0 Å². The molecule has 3 fully saturated rings. The summed E-state index contributed by atoms with van der Waals surface area (Å²) in [5, 5.41) is 34.4. The van der Waals surface area contributed by atoms with Crippen LogP contribution in [0.4, 0.5) is 9.93 Å². The van der Waals surface area contributed by atoms with Gasteiger partial charge in [0, 0.05) is 41.8 Å². The fraction of sp³-hybridized carbons (Fsp3) is 0.490. The number of alkyl carbamates (subject to hydrolysis) is 1. The van der Waals surface area contributed by atoms with Gasteiger partial charge in [0.1, 0.15) is 58.8 Å². The number of pyridine rings is 1. The zero-order valence-corrected chi connectivity index (χ0v) is 41.9. The van der Waals surface area contributed by atoms with Crippen LogP contribution in [0.15, 0.2) is 72.1 Å². The van der Waals surface area contributed by atoms with E-state index in [1.165, 1.54) is 23.2 Å². The molecule has 376 valence electrons. The number of hydrogen-bond acceptors (Lipinski definition) is 14. The van der Waals surface area contributed by atoms with E-state index in [9.17, 15) is 38.8 Å². The number of carbonyl (C=O) groups is 5. The van der Waals surface area contributed by atoms with Crippen LogP contribution in [0.1, 0.15) is 92.9 Å². The number of hydrogen-bond donors (Lipinski definition) is 6. The molecule has 2 aromatic carbocycles. The summed E-state index contributed by atoms with van der Waals surface area (Å²) in [5.74, 6) is -2.94. The average Bonchev–Trinajstić information content (AvgIpc) is 4.13. The van der Waals surface area contributed by atoms with Gasteiger partial charge in [-0.1, -0.05) is 51.1 Å². The van der Waals surface area contributed by atoms with E-state index in [0.717, 1.165) is 25.7 Å². The zero-order valence-electron chi connectivity index (χ0n) is 40.2. The molecule has 1 unspecified atom stereocenters. The number of benzene rings is 2. The maximum Gasteiger partial charge on any atom is 0.408 e. The van der Waals surface area contributed by atoms with E-state index in [4.69, 9.17) is 28.7 Å². The van der Waals surface area contributed by atoms with Gasteiger partial charge in [0.15, 0.2) is 11.5 Å². The number of aliphatic carboxylic acids is 2. The number of amides is 3. The molecule has 6 atom stereocenters. The molecule has 7 rings (SSSR count). The molecule has 21 heteroatoms. The Bertz CT molecular complexity index is 2650. The van der Waals surface area contributed by atoms with Crippen LogP contribution in [0.2, 0.25) is 0 Å². The highest BCUT2D eigenvalue weighted by Crippen LogP contribution is 2.45. The molecular formula is C49H62N7O12PS. The Labute approximate surface area is 410 Å². The van der Waals surface area contributed by atoms with Crippen molar-refractivity contribution in [2.24, 2.45) is 5.41 Å². The van der Waals surface area contributed by atoms with Crippen molar-refractivity contribution in [3.05, 3.63) is 72.1 Å². The van der Waals surface area contributed by atoms with E-state index in [1.54, 1.807) is 75.4 Å². The van der Waals surface area contributed by atoms with Gasteiger partial charge in [-0.05, 0) is 89.0 Å². The Morgan fingerprint density at radius 3 is 2.34 bits per heavy atom. The second-order valence-electron chi connectivity index (χ2n) is 19.6. The number of nitrogens with one attached hydrogen (secondary N) is 4. The second kappa shape index (κ2) is 21.4. The maximum atomic E-state index is 14.9. The summed E-state index contributed by atoms with van der Waals surface area (Å²) >= 11 is 1.38. The van der Waals surface area contributed by atoms with Crippen LogP contribution in [0.3, 0.4) is 0 Å². The van der Waals surface area contributed by atoms with Crippen molar-refractivity contribution in [3.8, 4) is 28.6 Å². The van der Waals surface area contributed by atoms with Gasteiger partial charge in [-0.3, -0.25) is 18.9 Å². The Morgan fingerprint density at radius 2 is 1.70 bits per heavy atom. The lowest BCUT2D eigenvalue weighted by molar-refractivity contribution is -0.149. The summed E-state index contributed by atoms with van der Waals surface area (Å²) in [6, 6.07) is 11.4. The van der Waals surface area contributed by atoms with E-state index >= 15 is 0 Å². The maximum absolute atomic E-state index is 14.9. The molecule has 0 spiro atoms. The smallest absolute Gasteiger partial charge is 0.408 e. The van der Waals surface area contributed by atoms with Crippen molar-refractivity contribution in [1.82, 2.24) is 30.6 Å². The largest absolute Gasteiger partial charge is 0.488 e. The normalized spacial score (nSPS) is 21.2. The Balaban J connectivity index is 1.22. The fourth-order valence-electron chi connectivity index (χ4n) is 8.78. The van der Waals surface area contributed by atoms with Gasteiger partial charge < -0.3 is 49.8 Å². The van der Waals surface area contributed by atoms with E-state index in [1.807, 2.05) is 19.2 Å². The van der Waals surface area contributed by atoms with Gasteiger partial charge in [0.2, 0.25) is 11.8 Å². The molecule has 3 aliphatic rings. The standard InChI is InChI=1S/C49H62N7O12PS/c1-28(2)50-46-52-38(26-70-46)37-23-40(35-18-17-33(21-36(35)51-37)65-27-69(64,55-30(4)44(59)60)68-32-15-9-8-10-16-32)66-34-22-39(42(57)54-49(45(61)62)20-19-29(3)24-49)56(25-34)43(58)41(48(5,6)7)53-47(63)67-31-13-11-12-14-31/h8-10,15-18,21,23,26,28,30-31,34,39,41H,3,11-14,19-20,22,24-25,27H2,1-2,4-7H3,(H,50,52)(H,53,63)(H,54,57)(H,55,64)(H,59,60)(H,61,62)/t30-,34+,39-,41+,49+,69?/m0/s1. The van der Waals surface area contributed by atoms with Crippen LogP contribution in [-0.2, 0) is 28.5 Å². The number of thiazole rings is 1. The lowest BCUT2D eigenvalue weighted by atomic mass is 9.85. The first-order chi connectivity index (χ1) is 33.1. The molecule has 2 aliphatic carbocycles. The SMILES string of the molecule is C=C1CC[C@](NC(=O)[C@@H]2C[C@@H](Oc3cc(-c4csc(NC(C)C)n4)nc4cc(OCP(=O)(N[C@@H](C)C(=O)O)Oc5ccccc5)ccc34)CN2C(=O)[C@@H](NC(=O)OC2CCCC2)C(C)(C)C)(C(=O)O)C1. The first-order valence-electron chi connectivity index (χ1n) is 23.4. The highest BCUT2D eigenvalue weighted by Gasteiger charge is 2.50. The number of rotatable bonds is 19. The number of fused-ring (bicyclic) bond motifs is 1. The minimum atomic E-state index is -4.00. The molecule has 2 aromatic heterocycles. The number of likely N-dealkylation sites (tertiary alicyclic amines) is 1. The summed E-state index contributed by atoms with van der Waals surface area (Å²) in [4.78, 5) is 78.2. The molecule has 6 N–H and O–H groups in total. The zero-order chi connectivity index (χ0) is 50.5. The summed E-state index contributed by atoms with van der Waals surface area (Å²) < 4.78 is 38.5. The summed E-state index contributed by atoms with van der Waals surface area (Å²) in [6.45, 7) is 14.5. The highest BCUT2D eigenvalue weighted by atomic mass is 32.1. The van der Waals surface area contributed by atoms with Gasteiger partial charge in [0.25, 0.3) is 0 Å². The number of nitrogens with zero attached hydrogens (tertiary/aromatic N) is 3. The number of carboxylic acids is 2. The summed E-state index contributed by atoms with van der Waals surface area (Å²) in [7, 11) is -4.00. The Hall–Kier alpha value is -6.24. The molecule has 3 heterocycles. The molecule has 0 bridgehead atoms. The third-order valence-corrected chi connectivity index (χ3v) is 14.9. The van der Waals surface area contributed by atoms with Crippen LogP contribution in [0, 0.1) is 5.41 Å². The molecule has 1 aliphatic heterocycles. The molecule has 0 radical (unpaired) electrons. The molecule has 3 amide bonds. The highest BCUT2D eigenvalue weighted by molar-refractivity contribution is 7.57. The molecule has 19 nitrogen and oxygen atoms in total.